The first-order valence-electron chi connectivity index (χ1n) is 28.2. The SMILES string of the molecule is CC(C)c1cccc(C(C)C)c1-c1ccc2c(c1)N(c1[c-]c(Oc3[c-]c4c(cc3)c3ccccc3n4-c3cc(C(C)(C)C)ccn3)cc(C(C)(C)C)c1)[CH-]N2c1cc(C(C)(C)c2ccccc2)cc(C(C)(C)c2ccccc2)c1.[CH3-].[Pt+4]. The largest absolute Gasteiger partial charge is 4.00 e. The minimum absolute atomic E-state index is 0. The third-order valence-corrected chi connectivity index (χ3v) is 16.6. The molecule has 0 amide bonds. The van der Waals surface area contributed by atoms with Crippen LogP contribution in [0.15, 0.2) is 182 Å². The number of para-hydroxylation sites is 1. The van der Waals surface area contributed by atoms with E-state index in [1.54, 1.807) is 0 Å². The van der Waals surface area contributed by atoms with Crippen molar-refractivity contribution in [3.63, 3.8) is 0 Å². The summed E-state index contributed by atoms with van der Waals surface area (Å²) < 4.78 is 9.28. The second kappa shape index (κ2) is 22.3. The molecule has 0 saturated heterocycles. The molecule has 0 N–H and O–H groups in total. The molecule has 81 heavy (non-hydrogen) atoms. The maximum absolute atomic E-state index is 7.06. The maximum Gasteiger partial charge on any atom is 4.00 e. The average molecular weight is 1250 g/mol. The van der Waals surface area contributed by atoms with Gasteiger partial charge in [-0.2, -0.15) is 6.07 Å². The summed E-state index contributed by atoms with van der Waals surface area (Å²) in [5.74, 6) is 2.74. The second-order valence-electron chi connectivity index (χ2n) is 25.5. The maximum atomic E-state index is 7.06. The van der Waals surface area contributed by atoms with Crippen LogP contribution in [0.4, 0.5) is 22.7 Å². The molecule has 3 heterocycles. The molecule has 0 unspecified atom stereocenters. The van der Waals surface area contributed by atoms with Gasteiger partial charge in [0.1, 0.15) is 5.82 Å². The van der Waals surface area contributed by atoms with Gasteiger partial charge >= 0.3 is 21.1 Å². The predicted molar refractivity (Wildman–Crippen MR) is 339 cm³/mol. The molecule has 0 bridgehead atoms. The summed E-state index contributed by atoms with van der Waals surface area (Å²) in [5.41, 5.74) is 17.8. The van der Waals surface area contributed by atoms with Crippen molar-refractivity contribution < 1.29 is 25.8 Å². The van der Waals surface area contributed by atoms with E-state index in [1.165, 1.54) is 50.1 Å². The number of pyridine rings is 1. The summed E-state index contributed by atoms with van der Waals surface area (Å²) in [5, 5.41) is 2.23. The zero-order valence-electron chi connectivity index (χ0n) is 50.1. The molecule has 8 aromatic carbocycles. The fraction of sp³-hybridized carbons (Fsp3) is 0.267. The molecule has 5 nitrogen and oxygen atoms in total. The van der Waals surface area contributed by atoms with Gasteiger partial charge < -0.3 is 26.5 Å². The number of rotatable bonds is 12. The number of fused-ring (bicyclic) bond motifs is 4. The van der Waals surface area contributed by atoms with E-state index in [0.29, 0.717) is 23.3 Å². The monoisotopic (exact) mass is 1250 g/mol. The van der Waals surface area contributed by atoms with Gasteiger partial charge in [0.05, 0.1) is 0 Å². The van der Waals surface area contributed by atoms with Crippen molar-refractivity contribution >= 4 is 44.6 Å². The number of nitrogens with zero attached hydrogens (tertiary/aromatic N) is 4. The molecule has 6 heteroatoms. The zero-order valence-corrected chi connectivity index (χ0v) is 52.3. The molecule has 0 spiro atoms. The minimum Gasteiger partial charge on any atom is -0.509 e. The number of aromatic nitrogens is 2. The van der Waals surface area contributed by atoms with Crippen LogP contribution in [0.2, 0.25) is 0 Å². The Hall–Kier alpha value is -7.20. The average Bonchev–Trinajstić information content (AvgIpc) is 4.22. The Morgan fingerprint density at radius 1 is 0.481 bits per heavy atom. The molecular weight excluding hydrogens is 1170 g/mol. The Morgan fingerprint density at radius 2 is 1.07 bits per heavy atom. The van der Waals surface area contributed by atoms with Crippen LogP contribution in [-0.4, -0.2) is 9.55 Å². The van der Waals surface area contributed by atoms with Gasteiger partial charge in [0.25, 0.3) is 0 Å². The van der Waals surface area contributed by atoms with Crippen LogP contribution in [0.25, 0.3) is 38.8 Å². The van der Waals surface area contributed by atoms with Gasteiger partial charge in [0, 0.05) is 51.1 Å². The third-order valence-electron chi connectivity index (χ3n) is 16.6. The minimum atomic E-state index is -0.304. The van der Waals surface area contributed by atoms with Crippen molar-refractivity contribution in [3.8, 4) is 28.4 Å². The van der Waals surface area contributed by atoms with E-state index >= 15 is 0 Å². The first-order chi connectivity index (χ1) is 37.6. The summed E-state index contributed by atoms with van der Waals surface area (Å²) in [6, 6.07) is 72.1. The van der Waals surface area contributed by atoms with Crippen LogP contribution in [0, 0.1) is 26.2 Å². The smallest absolute Gasteiger partial charge is 0.509 e. The normalized spacial score (nSPS) is 13.0. The first-order valence-corrected chi connectivity index (χ1v) is 28.2. The summed E-state index contributed by atoms with van der Waals surface area (Å²) in [6.45, 7) is 34.4. The van der Waals surface area contributed by atoms with Crippen molar-refractivity contribution in [1.82, 2.24) is 9.55 Å². The molecule has 0 atom stereocenters. The summed E-state index contributed by atoms with van der Waals surface area (Å²) in [6.07, 6.45) is 1.92. The van der Waals surface area contributed by atoms with Crippen molar-refractivity contribution in [2.75, 3.05) is 9.80 Å². The van der Waals surface area contributed by atoms with E-state index in [-0.39, 0.29) is 50.2 Å². The van der Waals surface area contributed by atoms with Crippen LogP contribution in [-0.2, 0) is 42.7 Å². The van der Waals surface area contributed by atoms with Crippen molar-refractivity contribution in [2.45, 2.75) is 130 Å². The standard InChI is InChI=1S/C74H75N4O.CH3.Pt/c1-48(2)61-29-23-30-62(49(3)4)70(61)50-32-35-66-68(38-50)77(47-76(66)57-41-55(73(11,12)51-24-17-15-18-25-51)39-56(42-57)74(13,14)52-26-19-16-20-27-52)58-40-54(72(8,9)10)43-60(45-58)79-59-33-34-64-63-28-21-22-31-65(63)78(67(64)46-59)69-44-53(36-37-75-69)71(5,6)7;;/h15-44,47-49H,1-14H3;1H3;/q-3;-1;+4. The van der Waals surface area contributed by atoms with Crippen molar-refractivity contribution in [2.24, 2.45) is 0 Å². The number of anilines is 4. The Kier molecular flexibility index (Phi) is 16.1. The molecular formula is C75H78N4OPt. The summed E-state index contributed by atoms with van der Waals surface area (Å²) >= 11 is 0. The van der Waals surface area contributed by atoms with Crippen LogP contribution in [0.5, 0.6) is 11.5 Å². The molecule has 1 aliphatic rings. The van der Waals surface area contributed by atoms with E-state index in [4.69, 9.17) is 9.72 Å². The fourth-order valence-electron chi connectivity index (χ4n) is 11.6. The predicted octanol–water partition coefficient (Wildman–Crippen LogP) is 20.6. The quantitative estimate of drug-likeness (QED) is 0.114. The van der Waals surface area contributed by atoms with Crippen LogP contribution < -0.4 is 14.5 Å². The second-order valence-corrected chi connectivity index (χ2v) is 25.5. The molecule has 1 aliphatic heterocycles. The van der Waals surface area contributed by atoms with Gasteiger partial charge in [-0.05, 0) is 121 Å². The summed E-state index contributed by atoms with van der Waals surface area (Å²) in [4.78, 5) is 9.68. The van der Waals surface area contributed by atoms with E-state index < -0.39 is 0 Å². The van der Waals surface area contributed by atoms with E-state index in [9.17, 15) is 0 Å². The third kappa shape index (κ3) is 11.0. The van der Waals surface area contributed by atoms with Gasteiger partial charge in [-0.1, -0.05) is 212 Å². The molecule has 0 fully saturated rings. The van der Waals surface area contributed by atoms with Gasteiger partial charge in [-0.25, -0.2) is 4.98 Å². The molecule has 0 aliphatic carbocycles. The first kappa shape index (κ1) is 58.5. The van der Waals surface area contributed by atoms with E-state index in [0.717, 1.165) is 55.9 Å². The Morgan fingerprint density at radius 3 is 1.67 bits per heavy atom. The molecule has 10 aromatic rings. The molecule has 0 saturated carbocycles. The van der Waals surface area contributed by atoms with Gasteiger partial charge in [0.15, 0.2) is 0 Å². The van der Waals surface area contributed by atoms with Gasteiger partial charge in [0.2, 0.25) is 0 Å². The fourth-order valence-corrected chi connectivity index (χ4v) is 11.6. The van der Waals surface area contributed by atoms with Gasteiger partial charge in [-0.15, -0.1) is 53.6 Å². The topological polar surface area (TPSA) is 33.5 Å². The molecule has 414 valence electrons. The summed E-state index contributed by atoms with van der Waals surface area (Å²) in [7, 11) is 0. The van der Waals surface area contributed by atoms with Crippen molar-refractivity contribution in [3.05, 3.63) is 253 Å². The Balaban J connectivity index is 0.00000396. The van der Waals surface area contributed by atoms with Crippen LogP contribution >= 0.6 is 0 Å². The van der Waals surface area contributed by atoms with Crippen LogP contribution in [0.3, 0.4) is 0 Å². The van der Waals surface area contributed by atoms with E-state index in [2.05, 4.69) is 300 Å². The molecule has 2 aromatic heterocycles. The molecule has 0 radical (unpaired) electrons. The van der Waals surface area contributed by atoms with Gasteiger partial charge in [-0.3, -0.25) is 0 Å². The van der Waals surface area contributed by atoms with Crippen LogP contribution in [0.1, 0.15) is 153 Å². The molecule has 11 rings (SSSR count). The van der Waals surface area contributed by atoms with Crippen molar-refractivity contribution in [1.29, 1.82) is 0 Å². The number of hydrogen-bond acceptors (Lipinski definition) is 4. The Labute approximate surface area is 498 Å². The number of hydrogen-bond donors (Lipinski definition) is 0. The van der Waals surface area contributed by atoms with E-state index in [1.807, 2.05) is 12.3 Å². The zero-order chi connectivity index (χ0) is 55.8. The number of ether oxygens (including phenoxy) is 1. The Bertz CT molecular complexity index is 3800. The number of benzene rings is 8.